The van der Waals surface area contributed by atoms with Gasteiger partial charge in [-0.3, -0.25) is 0 Å². The van der Waals surface area contributed by atoms with Gasteiger partial charge in [-0.15, -0.1) is 0 Å². The summed E-state index contributed by atoms with van der Waals surface area (Å²) in [6, 6.07) is 16.0. The van der Waals surface area contributed by atoms with Crippen LogP contribution >= 0.6 is 0 Å². The molecule has 1 unspecified atom stereocenters. The number of carbonyl (C=O) groups excluding carboxylic acids is 1. The minimum atomic E-state index is -0.00988. The molecule has 1 aliphatic rings. The minimum absolute atomic E-state index is 0.00988. The van der Waals surface area contributed by atoms with Crippen LogP contribution in [-0.4, -0.2) is 37.7 Å². The summed E-state index contributed by atoms with van der Waals surface area (Å²) in [6.07, 6.45) is 0.761. The number of hydrogen-bond acceptors (Lipinski definition) is 3. The summed E-state index contributed by atoms with van der Waals surface area (Å²) >= 11 is 0. The Labute approximate surface area is 142 Å². The van der Waals surface area contributed by atoms with E-state index in [0.717, 1.165) is 17.5 Å². The van der Waals surface area contributed by atoms with Crippen molar-refractivity contribution in [3.8, 4) is 11.5 Å². The Morgan fingerprint density at radius 3 is 2.50 bits per heavy atom. The van der Waals surface area contributed by atoms with E-state index in [1.165, 1.54) is 0 Å². The number of rotatable bonds is 6. The van der Waals surface area contributed by atoms with Crippen LogP contribution in [-0.2, 0) is 13.0 Å². The molecule has 0 saturated carbocycles. The monoisotopic (exact) mass is 326 g/mol. The third-order valence-corrected chi connectivity index (χ3v) is 4.20. The van der Waals surface area contributed by atoms with Gasteiger partial charge in [-0.25, -0.2) is 4.79 Å². The number of ether oxygens (including phenoxy) is 2. The third kappa shape index (κ3) is 3.62. The van der Waals surface area contributed by atoms with Crippen LogP contribution in [0.4, 0.5) is 4.79 Å². The van der Waals surface area contributed by atoms with Gasteiger partial charge in [0, 0.05) is 13.1 Å². The topological polar surface area (TPSA) is 50.8 Å². The van der Waals surface area contributed by atoms with E-state index in [1.807, 2.05) is 53.4 Å². The zero-order valence-electron chi connectivity index (χ0n) is 14.0. The number of methoxy groups -OCH3 is 2. The summed E-state index contributed by atoms with van der Waals surface area (Å²) in [4.78, 5) is 14.0. The number of nitrogens with one attached hydrogen (secondary N) is 1. The zero-order valence-corrected chi connectivity index (χ0v) is 14.0. The van der Waals surface area contributed by atoms with Gasteiger partial charge in [0.15, 0.2) is 11.5 Å². The Bertz CT molecular complexity index is 703. The normalized spacial score (nSPS) is 16.8. The summed E-state index contributed by atoms with van der Waals surface area (Å²) < 4.78 is 10.6. The van der Waals surface area contributed by atoms with Crippen LogP contribution in [0.1, 0.15) is 11.1 Å². The molecule has 5 heteroatoms. The Hall–Kier alpha value is -2.69. The van der Waals surface area contributed by atoms with Crippen molar-refractivity contribution in [2.45, 2.75) is 19.0 Å². The van der Waals surface area contributed by atoms with Crippen LogP contribution < -0.4 is 14.8 Å². The largest absolute Gasteiger partial charge is 0.493 e. The van der Waals surface area contributed by atoms with Crippen molar-refractivity contribution in [2.75, 3.05) is 20.8 Å². The highest BCUT2D eigenvalue weighted by Crippen LogP contribution is 2.28. The van der Waals surface area contributed by atoms with E-state index in [9.17, 15) is 4.79 Å². The fourth-order valence-corrected chi connectivity index (χ4v) is 3.01. The van der Waals surface area contributed by atoms with E-state index in [1.54, 1.807) is 14.2 Å². The lowest BCUT2D eigenvalue weighted by Gasteiger charge is -2.15. The summed E-state index contributed by atoms with van der Waals surface area (Å²) in [5.74, 6) is 1.42. The highest BCUT2D eigenvalue weighted by molar-refractivity contribution is 5.77. The van der Waals surface area contributed by atoms with E-state index < -0.39 is 0 Å². The molecule has 1 heterocycles. The first-order valence-electron chi connectivity index (χ1n) is 8.00. The molecule has 1 N–H and O–H groups in total. The molecule has 1 atom stereocenters. The lowest BCUT2D eigenvalue weighted by molar-refractivity contribution is 0.215. The Morgan fingerprint density at radius 2 is 1.79 bits per heavy atom. The average molecular weight is 326 g/mol. The van der Waals surface area contributed by atoms with Crippen LogP contribution in [0.15, 0.2) is 48.5 Å². The van der Waals surface area contributed by atoms with Crippen molar-refractivity contribution in [3.05, 3.63) is 59.7 Å². The first kappa shape index (κ1) is 16.2. The van der Waals surface area contributed by atoms with Crippen molar-refractivity contribution in [1.82, 2.24) is 10.2 Å². The predicted molar refractivity (Wildman–Crippen MR) is 92.4 cm³/mol. The second-order valence-corrected chi connectivity index (χ2v) is 5.91. The van der Waals surface area contributed by atoms with Crippen molar-refractivity contribution in [3.63, 3.8) is 0 Å². The molecular formula is C19H22N2O3. The standard InChI is InChI=1S/C19H22N2O3/c1-23-17-9-8-15(11-18(17)24-2)10-16-13-21(19(22)20-16)12-14-6-4-3-5-7-14/h3-9,11,16H,10,12-13H2,1-2H3,(H,20,22). The van der Waals surface area contributed by atoms with E-state index in [0.29, 0.717) is 24.6 Å². The van der Waals surface area contributed by atoms with Crippen LogP contribution in [0.5, 0.6) is 11.5 Å². The van der Waals surface area contributed by atoms with Crippen molar-refractivity contribution < 1.29 is 14.3 Å². The van der Waals surface area contributed by atoms with Gasteiger partial charge in [-0.05, 0) is 29.7 Å². The van der Waals surface area contributed by atoms with Crippen LogP contribution in [0, 0.1) is 0 Å². The molecule has 2 amide bonds. The zero-order chi connectivity index (χ0) is 16.9. The Balaban J connectivity index is 1.64. The van der Waals surface area contributed by atoms with Gasteiger partial charge in [0.1, 0.15) is 0 Å². The molecule has 5 nitrogen and oxygen atoms in total. The minimum Gasteiger partial charge on any atom is -0.493 e. The molecule has 126 valence electrons. The number of urea groups is 1. The second kappa shape index (κ2) is 7.25. The Kier molecular flexibility index (Phi) is 4.89. The summed E-state index contributed by atoms with van der Waals surface area (Å²) in [6.45, 7) is 1.33. The lowest BCUT2D eigenvalue weighted by atomic mass is 10.1. The molecule has 0 spiro atoms. The van der Waals surface area contributed by atoms with Gasteiger partial charge in [0.05, 0.1) is 20.3 Å². The first-order chi connectivity index (χ1) is 11.7. The van der Waals surface area contributed by atoms with Crippen LogP contribution in [0.3, 0.4) is 0 Å². The maximum atomic E-state index is 12.2. The molecule has 24 heavy (non-hydrogen) atoms. The molecule has 1 saturated heterocycles. The molecule has 0 aromatic heterocycles. The molecule has 3 rings (SSSR count). The maximum Gasteiger partial charge on any atom is 0.318 e. The number of benzene rings is 2. The number of amides is 2. The molecule has 2 aromatic carbocycles. The highest BCUT2D eigenvalue weighted by Gasteiger charge is 2.28. The van der Waals surface area contributed by atoms with Crippen molar-refractivity contribution >= 4 is 6.03 Å². The number of nitrogens with zero attached hydrogens (tertiary/aromatic N) is 1. The molecule has 1 aliphatic heterocycles. The fraction of sp³-hybridized carbons (Fsp3) is 0.316. The smallest absolute Gasteiger partial charge is 0.318 e. The summed E-state index contributed by atoms with van der Waals surface area (Å²) in [5, 5.41) is 3.05. The molecule has 1 fully saturated rings. The molecular weight excluding hydrogens is 304 g/mol. The van der Waals surface area contributed by atoms with Crippen LogP contribution in [0.2, 0.25) is 0 Å². The molecule has 0 radical (unpaired) electrons. The van der Waals surface area contributed by atoms with E-state index in [-0.39, 0.29) is 12.1 Å². The number of hydrogen-bond donors (Lipinski definition) is 1. The fourth-order valence-electron chi connectivity index (χ4n) is 3.01. The summed E-state index contributed by atoms with van der Waals surface area (Å²) in [7, 11) is 3.25. The summed E-state index contributed by atoms with van der Waals surface area (Å²) in [5.41, 5.74) is 2.25. The van der Waals surface area contributed by atoms with Gasteiger partial charge in [0.25, 0.3) is 0 Å². The predicted octanol–water partition coefficient (Wildman–Crippen LogP) is 2.84. The van der Waals surface area contributed by atoms with E-state index >= 15 is 0 Å². The molecule has 0 bridgehead atoms. The third-order valence-electron chi connectivity index (χ3n) is 4.20. The van der Waals surface area contributed by atoms with Gasteiger partial charge >= 0.3 is 6.03 Å². The van der Waals surface area contributed by atoms with Gasteiger partial charge in [-0.1, -0.05) is 36.4 Å². The highest BCUT2D eigenvalue weighted by atomic mass is 16.5. The second-order valence-electron chi connectivity index (χ2n) is 5.91. The molecule has 0 aliphatic carbocycles. The maximum absolute atomic E-state index is 12.2. The Morgan fingerprint density at radius 1 is 1.04 bits per heavy atom. The van der Waals surface area contributed by atoms with Crippen molar-refractivity contribution in [2.24, 2.45) is 0 Å². The van der Waals surface area contributed by atoms with Gasteiger partial charge < -0.3 is 19.7 Å². The first-order valence-corrected chi connectivity index (χ1v) is 8.00. The molecule has 2 aromatic rings. The van der Waals surface area contributed by atoms with Crippen molar-refractivity contribution in [1.29, 1.82) is 0 Å². The van der Waals surface area contributed by atoms with E-state index in [2.05, 4.69) is 5.32 Å². The van der Waals surface area contributed by atoms with Gasteiger partial charge in [0.2, 0.25) is 0 Å². The number of carbonyl (C=O) groups is 1. The van der Waals surface area contributed by atoms with Gasteiger partial charge in [-0.2, -0.15) is 0 Å². The average Bonchev–Trinajstić information content (AvgIpc) is 2.94. The SMILES string of the molecule is COc1ccc(CC2CN(Cc3ccccc3)C(=O)N2)cc1OC. The lowest BCUT2D eigenvalue weighted by Crippen LogP contribution is -2.29. The quantitative estimate of drug-likeness (QED) is 0.888. The van der Waals surface area contributed by atoms with E-state index in [4.69, 9.17) is 9.47 Å². The van der Waals surface area contributed by atoms with Crippen LogP contribution in [0.25, 0.3) is 0 Å².